The minimum absolute atomic E-state index is 0.120. The summed E-state index contributed by atoms with van der Waals surface area (Å²) < 4.78 is 9.52. The lowest BCUT2D eigenvalue weighted by Crippen LogP contribution is -2.51. The van der Waals surface area contributed by atoms with Crippen LogP contribution in [0, 0.1) is 23.7 Å². The van der Waals surface area contributed by atoms with Gasteiger partial charge in [0.1, 0.15) is 23.7 Å². The molecule has 4 N–H and O–H groups in total. The van der Waals surface area contributed by atoms with Crippen molar-refractivity contribution in [1.29, 1.82) is 0 Å². The zero-order chi connectivity index (χ0) is 36.3. The summed E-state index contributed by atoms with van der Waals surface area (Å²) in [4.78, 5) is 71.1. The maximum atomic E-state index is 13.6. The largest absolute Gasteiger partial charge is 0.453 e. The molecule has 14 heteroatoms. The summed E-state index contributed by atoms with van der Waals surface area (Å²) in [6, 6.07) is 6.10. The molecule has 3 aromatic rings. The SMILES string of the molecule is COC(=O)N[C@@H](C(=O)N1C[C@@H](C)C[C@H]1c1ncc(-c2ccc(-c3cnc([C@@H]4C[C@H](C)CN4C(=O)[C@H](NC(=O)OC)C(C)C)[nH]3)cc2)[nH]1)C(C)C. The molecule has 6 atom stereocenters. The van der Waals surface area contributed by atoms with E-state index >= 15 is 0 Å². The van der Waals surface area contributed by atoms with E-state index in [1.165, 1.54) is 14.2 Å². The molecule has 2 aromatic heterocycles. The number of hydrogen-bond acceptors (Lipinski definition) is 8. The minimum atomic E-state index is -0.707. The smallest absolute Gasteiger partial charge is 0.407 e. The lowest BCUT2D eigenvalue weighted by atomic mass is 10.0. The van der Waals surface area contributed by atoms with E-state index in [1.807, 2.05) is 61.8 Å². The Hall–Kier alpha value is -4.88. The van der Waals surface area contributed by atoms with Crippen molar-refractivity contribution in [3.63, 3.8) is 0 Å². The average molecular weight is 691 g/mol. The van der Waals surface area contributed by atoms with Crippen LogP contribution in [0.25, 0.3) is 22.5 Å². The molecule has 270 valence electrons. The molecule has 0 aliphatic carbocycles. The number of rotatable bonds is 10. The summed E-state index contributed by atoms with van der Waals surface area (Å²) in [5.41, 5.74) is 3.52. The highest BCUT2D eigenvalue weighted by Gasteiger charge is 2.41. The number of hydrogen-bond donors (Lipinski definition) is 4. The molecule has 1 aromatic carbocycles. The summed E-state index contributed by atoms with van der Waals surface area (Å²) in [5, 5.41) is 5.39. The number of ether oxygens (including phenoxy) is 2. The van der Waals surface area contributed by atoms with Gasteiger partial charge in [0.25, 0.3) is 0 Å². The molecule has 2 saturated heterocycles. The number of benzene rings is 1. The predicted molar refractivity (Wildman–Crippen MR) is 186 cm³/mol. The second kappa shape index (κ2) is 15.3. The first-order valence-electron chi connectivity index (χ1n) is 17.3. The molecule has 5 rings (SSSR count). The van der Waals surface area contributed by atoms with Crippen molar-refractivity contribution in [1.82, 2.24) is 40.4 Å². The van der Waals surface area contributed by atoms with Crippen LogP contribution in [0.2, 0.25) is 0 Å². The number of aromatic nitrogens is 4. The molecule has 0 unspecified atom stereocenters. The third kappa shape index (κ3) is 7.79. The molecule has 4 heterocycles. The molecule has 0 bridgehead atoms. The Kier molecular flexibility index (Phi) is 11.2. The van der Waals surface area contributed by atoms with Crippen LogP contribution in [0.15, 0.2) is 36.7 Å². The summed E-state index contributed by atoms with van der Waals surface area (Å²) in [6.07, 6.45) is 3.81. The number of methoxy groups -OCH3 is 2. The summed E-state index contributed by atoms with van der Waals surface area (Å²) in [6.45, 7) is 12.9. The Morgan fingerprint density at radius 1 is 0.700 bits per heavy atom. The van der Waals surface area contributed by atoms with Crippen molar-refractivity contribution >= 4 is 24.0 Å². The van der Waals surface area contributed by atoms with E-state index in [4.69, 9.17) is 9.47 Å². The van der Waals surface area contributed by atoms with Crippen molar-refractivity contribution in [2.24, 2.45) is 23.7 Å². The molecular formula is C36H50N8O6. The van der Waals surface area contributed by atoms with Crippen molar-refractivity contribution in [2.75, 3.05) is 27.3 Å². The quantitative estimate of drug-likeness (QED) is 0.229. The van der Waals surface area contributed by atoms with E-state index in [-0.39, 0.29) is 47.6 Å². The third-order valence-corrected chi connectivity index (χ3v) is 9.70. The van der Waals surface area contributed by atoms with Gasteiger partial charge in [0.05, 0.1) is 50.1 Å². The zero-order valence-corrected chi connectivity index (χ0v) is 30.1. The van der Waals surface area contributed by atoms with E-state index in [0.717, 1.165) is 35.4 Å². The molecule has 0 spiro atoms. The molecule has 2 aliphatic rings. The molecular weight excluding hydrogens is 640 g/mol. The van der Waals surface area contributed by atoms with Gasteiger partial charge in [-0.1, -0.05) is 65.8 Å². The summed E-state index contributed by atoms with van der Waals surface area (Å²) in [7, 11) is 2.57. The number of nitrogens with one attached hydrogen (secondary N) is 4. The number of likely N-dealkylation sites (tertiary alicyclic amines) is 2. The number of imidazole rings is 2. The number of carbonyl (C=O) groups is 4. The Bertz CT molecular complexity index is 1550. The number of carbonyl (C=O) groups excluding carboxylic acids is 4. The molecule has 4 amide bonds. The van der Waals surface area contributed by atoms with Gasteiger partial charge in [0.15, 0.2) is 0 Å². The average Bonchev–Trinajstić information content (AvgIpc) is 3.91. The Balaban J connectivity index is 1.30. The van der Waals surface area contributed by atoms with Gasteiger partial charge in [-0.3, -0.25) is 9.59 Å². The van der Waals surface area contributed by atoms with Crippen LogP contribution in [-0.2, 0) is 19.1 Å². The lowest BCUT2D eigenvalue weighted by molar-refractivity contribution is -0.136. The highest BCUT2D eigenvalue weighted by atomic mass is 16.5. The number of alkyl carbamates (subject to hydrolysis) is 2. The minimum Gasteiger partial charge on any atom is -0.453 e. The van der Waals surface area contributed by atoms with Gasteiger partial charge in [-0.2, -0.15) is 0 Å². The van der Waals surface area contributed by atoms with Crippen molar-refractivity contribution in [3.8, 4) is 22.5 Å². The molecule has 14 nitrogen and oxygen atoms in total. The van der Waals surface area contributed by atoms with Crippen molar-refractivity contribution in [3.05, 3.63) is 48.3 Å². The fourth-order valence-electron chi connectivity index (χ4n) is 6.99. The van der Waals surface area contributed by atoms with Gasteiger partial charge < -0.3 is 39.9 Å². The molecule has 50 heavy (non-hydrogen) atoms. The molecule has 2 aliphatic heterocycles. The molecule has 2 fully saturated rings. The Morgan fingerprint density at radius 2 is 1.06 bits per heavy atom. The Labute approximate surface area is 293 Å². The van der Waals surface area contributed by atoms with Crippen LogP contribution in [0.5, 0.6) is 0 Å². The van der Waals surface area contributed by atoms with Crippen LogP contribution in [-0.4, -0.2) is 93.1 Å². The Morgan fingerprint density at radius 3 is 1.38 bits per heavy atom. The van der Waals surface area contributed by atoms with Gasteiger partial charge >= 0.3 is 12.2 Å². The summed E-state index contributed by atoms with van der Waals surface area (Å²) in [5.74, 6) is 1.40. The standard InChI is InChI=1S/C36H50N8O6/c1-19(2)29(41-35(47)49-7)33(45)43-17-21(5)13-27(43)31-37-15-25(39-31)23-9-11-24(12-10-23)26-16-38-32(40-26)28-14-22(6)18-44(28)34(46)30(20(3)4)42-36(48)50-8/h9-12,15-16,19-22,27-30H,13-14,17-18H2,1-8H3,(H,37,39)(H,38,40)(H,41,47)(H,42,48)/t21-,22-,27-,28-,29+,30+/m0/s1. The van der Waals surface area contributed by atoms with Crippen LogP contribution in [0.3, 0.4) is 0 Å². The van der Waals surface area contributed by atoms with Crippen LogP contribution in [0.1, 0.15) is 78.1 Å². The highest BCUT2D eigenvalue weighted by Crippen LogP contribution is 2.37. The van der Waals surface area contributed by atoms with Gasteiger partial charge in [-0.15, -0.1) is 0 Å². The monoisotopic (exact) mass is 690 g/mol. The first-order chi connectivity index (χ1) is 23.8. The van der Waals surface area contributed by atoms with E-state index in [1.54, 1.807) is 12.4 Å². The number of nitrogens with zero attached hydrogens (tertiary/aromatic N) is 4. The van der Waals surface area contributed by atoms with Crippen molar-refractivity contribution in [2.45, 2.75) is 78.6 Å². The fourth-order valence-corrected chi connectivity index (χ4v) is 6.99. The zero-order valence-electron chi connectivity index (χ0n) is 30.1. The van der Waals surface area contributed by atoms with Gasteiger partial charge in [-0.25, -0.2) is 19.6 Å². The summed E-state index contributed by atoms with van der Waals surface area (Å²) >= 11 is 0. The van der Waals surface area contributed by atoms with Gasteiger partial charge in [-0.05, 0) is 47.6 Å². The topological polar surface area (TPSA) is 175 Å². The molecule has 0 saturated carbocycles. The number of amides is 4. The van der Waals surface area contributed by atoms with Crippen LogP contribution >= 0.6 is 0 Å². The third-order valence-electron chi connectivity index (χ3n) is 9.70. The van der Waals surface area contributed by atoms with Crippen LogP contribution in [0.4, 0.5) is 9.59 Å². The van der Waals surface area contributed by atoms with Gasteiger partial charge in [0, 0.05) is 13.1 Å². The van der Waals surface area contributed by atoms with Crippen molar-refractivity contribution < 1.29 is 28.7 Å². The number of aromatic amines is 2. The normalized spacial score (nSPS) is 21.7. The van der Waals surface area contributed by atoms with Gasteiger partial charge in [0.2, 0.25) is 11.8 Å². The first-order valence-corrected chi connectivity index (χ1v) is 17.3. The first kappa shape index (κ1) is 36.4. The predicted octanol–water partition coefficient (Wildman–Crippen LogP) is 5.05. The highest BCUT2D eigenvalue weighted by molar-refractivity contribution is 5.87. The van der Waals surface area contributed by atoms with E-state index in [0.29, 0.717) is 24.7 Å². The second-order valence-electron chi connectivity index (χ2n) is 14.4. The maximum Gasteiger partial charge on any atom is 0.407 e. The van der Waals surface area contributed by atoms with E-state index in [2.05, 4.69) is 44.4 Å². The molecule has 0 radical (unpaired) electrons. The number of H-pyrrole nitrogens is 2. The van der Waals surface area contributed by atoms with Crippen LogP contribution < -0.4 is 10.6 Å². The lowest BCUT2D eigenvalue weighted by Gasteiger charge is -2.30. The van der Waals surface area contributed by atoms with E-state index < -0.39 is 24.3 Å². The maximum absolute atomic E-state index is 13.6. The fraction of sp³-hybridized carbons (Fsp3) is 0.556. The second-order valence-corrected chi connectivity index (χ2v) is 14.4. The van der Waals surface area contributed by atoms with E-state index in [9.17, 15) is 19.2 Å².